The van der Waals surface area contributed by atoms with Crippen LogP contribution in [0, 0.1) is 6.92 Å². The molecule has 0 fully saturated rings. The fourth-order valence-electron chi connectivity index (χ4n) is 2.14. The summed E-state index contributed by atoms with van der Waals surface area (Å²) in [6.45, 7) is 8.41. The molecule has 0 aliphatic rings. The SMILES string of the molecule is Cc1cccc2nc(C(C)Cl)n(C(C)C)c12. The molecule has 2 nitrogen and oxygen atoms in total. The molecule has 2 aromatic rings. The third kappa shape index (κ3) is 1.71. The number of halogens is 1. The Kier molecular flexibility index (Phi) is 2.94. The first-order valence-electron chi connectivity index (χ1n) is 5.64. The minimum absolute atomic E-state index is 0.0609. The summed E-state index contributed by atoms with van der Waals surface area (Å²) in [7, 11) is 0. The Hall–Kier alpha value is -1.02. The number of alkyl halides is 1. The van der Waals surface area contributed by atoms with Gasteiger partial charge in [-0.15, -0.1) is 11.6 Å². The van der Waals surface area contributed by atoms with Crippen LogP contribution in [0.5, 0.6) is 0 Å². The number of benzene rings is 1. The molecule has 0 aliphatic heterocycles. The lowest BCUT2D eigenvalue weighted by Crippen LogP contribution is -2.07. The normalized spacial score (nSPS) is 13.6. The monoisotopic (exact) mass is 236 g/mol. The molecule has 1 aromatic heterocycles. The van der Waals surface area contributed by atoms with Crippen molar-refractivity contribution in [2.24, 2.45) is 0 Å². The first kappa shape index (κ1) is 11.5. The van der Waals surface area contributed by atoms with Crippen molar-refractivity contribution in [1.29, 1.82) is 0 Å². The molecule has 0 aliphatic carbocycles. The summed E-state index contributed by atoms with van der Waals surface area (Å²) in [5, 5.41) is -0.0609. The molecule has 2 rings (SSSR count). The molecule has 0 spiro atoms. The van der Waals surface area contributed by atoms with Crippen LogP contribution in [0.3, 0.4) is 0 Å². The van der Waals surface area contributed by atoms with Crippen molar-refractivity contribution in [1.82, 2.24) is 9.55 Å². The van der Waals surface area contributed by atoms with Crippen molar-refractivity contribution >= 4 is 22.6 Å². The molecule has 1 unspecified atom stereocenters. The van der Waals surface area contributed by atoms with Crippen molar-refractivity contribution < 1.29 is 0 Å². The second-order valence-corrected chi connectivity index (χ2v) is 5.15. The Morgan fingerprint density at radius 3 is 2.50 bits per heavy atom. The first-order chi connectivity index (χ1) is 7.52. The molecule has 1 aromatic carbocycles. The smallest absolute Gasteiger partial charge is 0.127 e. The number of para-hydroxylation sites is 1. The summed E-state index contributed by atoms with van der Waals surface area (Å²) in [6, 6.07) is 6.58. The van der Waals surface area contributed by atoms with Gasteiger partial charge in [0.1, 0.15) is 5.82 Å². The number of imidazole rings is 1. The molecule has 0 radical (unpaired) electrons. The van der Waals surface area contributed by atoms with Crippen LogP contribution in [0.15, 0.2) is 18.2 Å². The maximum absolute atomic E-state index is 6.19. The Morgan fingerprint density at radius 1 is 1.25 bits per heavy atom. The minimum atomic E-state index is -0.0609. The third-order valence-electron chi connectivity index (χ3n) is 2.81. The molecule has 0 saturated heterocycles. The fourth-order valence-corrected chi connectivity index (χ4v) is 2.30. The van der Waals surface area contributed by atoms with E-state index in [-0.39, 0.29) is 5.38 Å². The average molecular weight is 237 g/mol. The molecular formula is C13H17ClN2. The Bertz CT molecular complexity index is 512. The molecule has 3 heteroatoms. The summed E-state index contributed by atoms with van der Waals surface area (Å²) >= 11 is 6.19. The largest absolute Gasteiger partial charge is 0.324 e. The number of aryl methyl sites for hydroxylation is 1. The van der Waals surface area contributed by atoms with Crippen LogP contribution in [0.2, 0.25) is 0 Å². The van der Waals surface area contributed by atoms with Gasteiger partial charge in [0.05, 0.1) is 16.4 Å². The topological polar surface area (TPSA) is 17.8 Å². The number of aromatic nitrogens is 2. The molecular weight excluding hydrogens is 220 g/mol. The molecule has 0 N–H and O–H groups in total. The van der Waals surface area contributed by atoms with Crippen LogP contribution < -0.4 is 0 Å². The van der Waals surface area contributed by atoms with Gasteiger partial charge < -0.3 is 4.57 Å². The lowest BCUT2D eigenvalue weighted by atomic mass is 10.2. The number of nitrogens with zero attached hydrogens (tertiary/aromatic N) is 2. The number of hydrogen-bond donors (Lipinski definition) is 0. The Labute approximate surface area is 101 Å². The van der Waals surface area contributed by atoms with Gasteiger partial charge in [-0.05, 0) is 39.3 Å². The van der Waals surface area contributed by atoms with E-state index in [2.05, 4.69) is 36.4 Å². The maximum Gasteiger partial charge on any atom is 0.127 e. The van der Waals surface area contributed by atoms with Crippen LogP contribution in [0.25, 0.3) is 11.0 Å². The van der Waals surface area contributed by atoms with E-state index in [9.17, 15) is 0 Å². The van der Waals surface area contributed by atoms with Crippen molar-refractivity contribution in [2.45, 2.75) is 39.1 Å². The van der Waals surface area contributed by atoms with Crippen molar-refractivity contribution in [2.75, 3.05) is 0 Å². The van der Waals surface area contributed by atoms with Crippen molar-refractivity contribution in [3.63, 3.8) is 0 Å². The van der Waals surface area contributed by atoms with Crippen molar-refractivity contribution in [3.05, 3.63) is 29.6 Å². The zero-order valence-corrected chi connectivity index (χ0v) is 10.9. The molecule has 0 saturated carbocycles. The Balaban J connectivity index is 2.83. The molecule has 86 valence electrons. The molecule has 1 atom stereocenters. The highest BCUT2D eigenvalue weighted by molar-refractivity contribution is 6.20. The second kappa shape index (κ2) is 4.10. The van der Waals surface area contributed by atoms with Gasteiger partial charge in [-0.25, -0.2) is 4.98 Å². The summed E-state index contributed by atoms with van der Waals surface area (Å²) < 4.78 is 2.24. The van der Waals surface area contributed by atoms with Gasteiger partial charge in [0.2, 0.25) is 0 Å². The third-order valence-corrected chi connectivity index (χ3v) is 3.01. The van der Waals surface area contributed by atoms with E-state index in [1.807, 2.05) is 19.1 Å². The lowest BCUT2D eigenvalue weighted by molar-refractivity contribution is 0.583. The highest BCUT2D eigenvalue weighted by Crippen LogP contribution is 2.29. The number of hydrogen-bond acceptors (Lipinski definition) is 1. The summed E-state index contributed by atoms with van der Waals surface area (Å²) in [5.74, 6) is 0.959. The number of rotatable bonds is 2. The van der Waals surface area contributed by atoms with Crippen LogP contribution >= 0.6 is 11.6 Å². The minimum Gasteiger partial charge on any atom is -0.324 e. The standard InChI is InChI=1S/C13H17ClN2/c1-8(2)16-12-9(3)6-5-7-11(12)15-13(16)10(4)14/h5-8,10H,1-4H3. The average Bonchev–Trinajstić information content (AvgIpc) is 2.58. The lowest BCUT2D eigenvalue weighted by Gasteiger charge is -2.15. The molecule has 0 bridgehead atoms. The second-order valence-electron chi connectivity index (χ2n) is 4.49. The van der Waals surface area contributed by atoms with Gasteiger partial charge in [-0.3, -0.25) is 0 Å². The highest BCUT2D eigenvalue weighted by atomic mass is 35.5. The highest BCUT2D eigenvalue weighted by Gasteiger charge is 2.17. The predicted molar refractivity (Wildman–Crippen MR) is 69.1 cm³/mol. The first-order valence-corrected chi connectivity index (χ1v) is 6.07. The summed E-state index contributed by atoms with van der Waals surface area (Å²) in [5.41, 5.74) is 3.50. The fraction of sp³-hybridized carbons (Fsp3) is 0.462. The van der Waals surface area contributed by atoms with Crippen LogP contribution in [0.4, 0.5) is 0 Å². The van der Waals surface area contributed by atoms with Gasteiger partial charge in [0.25, 0.3) is 0 Å². The Morgan fingerprint density at radius 2 is 1.94 bits per heavy atom. The van der Waals surface area contributed by atoms with E-state index >= 15 is 0 Å². The summed E-state index contributed by atoms with van der Waals surface area (Å²) in [4.78, 5) is 4.63. The predicted octanol–water partition coefficient (Wildman–Crippen LogP) is 4.23. The van der Waals surface area contributed by atoms with E-state index in [1.165, 1.54) is 11.1 Å². The zero-order valence-electron chi connectivity index (χ0n) is 10.2. The van der Waals surface area contributed by atoms with Gasteiger partial charge in [-0.2, -0.15) is 0 Å². The van der Waals surface area contributed by atoms with E-state index in [1.54, 1.807) is 0 Å². The van der Waals surface area contributed by atoms with E-state index < -0.39 is 0 Å². The van der Waals surface area contributed by atoms with Crippen LogP contribution in [-0.2, 0) is 0 Å². The van der Waals surface area contributed by atoms with Gasteiger partial charge in [0.15, 0.2) is 0 Å². The summed E-state index contributed by atoms with van der Waals surface area (Å²) in [6.07, 6.45) is 0. The van der Waals surface area contributed by atoms with Crippen LogP contribution in [0.1, 0.15) is 43.6 Å². The van der Waals surface area contributed by atoms with E-state index in [4.69, 9.17) is 11.6 Å². The zero-order chi connectivity index (χ0) is 11.9. The van der Waals surface area contributed by atoms with Gasteiger partial charge in [-0.1, -0.05) is 12.1 Å². The molecule has 0 amide bonds. The van der Waals surface area contributed by atoms with Gasteiger partial charge in [0, 0.05) is 6.04 Å². The molecule has 1 heterocycles. The van der Waals surface area contributed by atoms with Crippen molar-refractivity contribution in [3.8, 4) is 0 Å². The van der Waals surface area contributed by atoms with Crippen LogP contribution in [-0.4, -0.2) is 9.55 Å². The maximum atomic E-state index is 6.19. The van der Waals surface area contributed by atoms with E-state index in [0.717, 1.165) is 11.3 Å². The molecule has 16 heavy (non-hydrogen) atoms. The van der Waals surface area contributed by atoms with Gasteiger partial charge >= 0.3 is 0 Å². The quantitative estimate of drug-likeness (QED) is 0.714. The number of fused-ring (bicyclic) bond motifs is 1. The van der Waals surface area contributed by atoms with E-state index in [0.29, 0.717) is 6.04 Å².